The van der Waals surface area contributed by atoms with Crippen LogP contribution in [-0.4, -0.2) is 16.1 Å². The molecule has 0 radical (unpaired) electrons. The predicted molar refractivity (Wildman–Crippen MR) is 78.1 cm³/mol. The molecule has 5 heteroatoms. The van der Waals surface area contributed by atoms with Crippen molar-refractivity contribution in [1.29, 1.82) is 0 Å². The second kappa shape index (κ2) is 5.76. The minimum atomic E-state index is 0.238. The quantitative estimate of drug-likeness (QED) is 0.770. The highest BCUT2D eigenvalue weighted by atomic mass is 35.5. The molecule has 0 aliphatic carbocycles. The lowest BCUT2D eigenvalue weighted by molar-refractivity contribution is 0.112. The zero-order valence-corrected chi connectivity index (χ0v) is 12.2. The standard InChI is InChI=1S/C14H14Cl2N2O/c1-3-9(2)18-7-11(8-19)14(17-18)10-4-12(15)6-13(16)5-10/h4-9H,3H2,1-2H3. The highest BCUT2D eigenvalue weighted by Gasteiger charge is 2.14. The summed E-state index contributed by atoms with van der Waals surface area (Å²) in [7, 11) is 0. The number of hydrogen-bond donors (Lipinski definition) is 0. The van der Waals surface area contributed by atoms with Gasteiger partial charge in [0.15, 0.2) is 6.29 Å². The Morgan fingerprint density at radius 2 is 1.95 bits per heavy atom. The van der Waals surface area contributed by atoms with Gasteiger partial charge in [-0.1, -0.05) is 30.1 Å². The molecule has 0 N–H and O–H groups in total. The van der Waals surface area contributed by atoms with E-state index in [4.69, 9.17) is 23.2 Å². The lowest BCUT2D eigenvalue weighted by Crippen LogP contribution is -2.04. The summed E-state index contributed by atoms with van der Waals surface area (Å²) in [5, 5.41) is 5.52. The lowest BCUT2D eigenvalue weighted by atomic mass is 10.1. The van der Waals surface area contributed by atoms with E-state index < -0.39 is 0 Å². The zero-order chi connectivity index (χ0) is 14.0. The fourth-order valence-electron chi connectivity index (χ4n) is 1.82. The van der Waals surface area contributed by atoms with Crippen LogP contribution in [0.1, 0.15) is 36.7 Å². The van der Waals surface area contributed by atoms with Gasteiger partial charge in [-0.25, -0.2) is 0 Å². The number of carbonyl (C=O) groups is 1. The molecule has 0 saturated carbocycles. The molecule has 1 unspecified atom stereocenters. The first-order valence-corrected chi connectivity index (χ1v) is 6.81. The smallest absolute Gasteiger partial charge is 0.153 e. The van der Waals surface area contributed by atoms with E-state index in [1.54, 1.807) is 29.1 Å². The van der Waals surface area contributed by atoms with Crippen molar-refractivity contribution in [2.75, 3.05) is 0 Å². The third-order valence-electron chi connectivity index (χ3n) is 3.07. The number of aromatic nitrogens is 2. The number of carbonyl (C=O) groups excluding carboxylic acids is 1. The van der Waals surface area contributed by atoms with Gasteiger partial charge in [0, 0.05) is 27.8 Å². The Morgan fingerprint density at radius 1 is 1.32 bits per heavy atom. The van der Waals surface area contributed by atoms with Crippen molar-refractivity contribution in [3.63, 3.8) is 0 Å². The molecule has 100 valence electrons. The molecule has 0 aliphatic rings. The van der Waals surface area contributed by atoms with Crippen LogP contribution in [0.3, 0.4) is 0 Å². The van der Waals surface area contributed by atoms with E-state index in [9.17, 15) is 4.79 Å². The molecule has 1 heterocycles. The Kier molecular flexibility index (Phi) is 4.27. The van der Waals surface area contributed by atoms with Crippen molar-refractivity contribution in [1.82, 2.24) is 9.78 Å². The van der Waals surface area contributed by atoms with Gasteiger partial charge in [0.25, 0.3) is 0 Å². The minimum absolute atomic E-state index is 0.238. The fourth-order valence-corrected chi connectivity index (χ4v) is 2.35. The molecule has 1 aromatic heterocycles. The van der Waals surface area contributed by atoms with Gasteiger partial charge in [-0.15, -0.1) is 0 Å². The van der Waals surface area contributed by atoms with Crippen LogP contribution in [0.2, 0.25) is 10.0 Å². The van der Waals surface area contributed by atoms with Crippen molar-refractivity contribution in [3.05, 3.63) is 40.0 Å². The maximum Gasteiger partial charge on any atom is 0.153 e. The van der Waals surface area contributed by atoms with E-state index in [2.05, 4.69) is 18.9 Å². The van der Waals surface area contributed by atoms with Gasteiger partial charge < -0.3 is 0 Å². The Balaban J connectivity index is 2.54. The molecule has 2 rings (SSSR count). The number of benzene rings is 1. The molecule has 0 fully saturated rings. The van der Waals surface area contributed by atoms with Gasteiger partial charge >= 0.3 is 0 Å². The second-order valence-corrected chi connectivity index (χ2v) is 5.32. The highest BCUT2D eigenvalue weighted by molar-refractivity contribution is 6.35. The molecular weight excluding hydrogens is 283 g/mol. The summed E-state index contributed by atoms with van der Waals surface area (Å²) in [6, 6.07) is 5.40. The van der Waals surface area contributed by atoms with Gasteiger partial charge in [-0.05, 0) is 31.5 Å². The summed E-state index contributed by atoms with van der Waals surface area (Å²) in [5.41, 5.74) is 1.90. The van der Waals surface area contributed by atoms with Crippen LogP contribution in [-0.2, 0) is 0 Å². The van der Waals surface area contributed by atoms with Crippen LogP contribution in [0.5, 0.6) is 0 Å². The van der Waals surface area contributed by atoms with Crippen molar-refractivity contribution in [3.8, 4) is 11.3 Å². The Labute approximate surface area is 122 Å². The highest BCUT2D eigenvalue weighted by Crippen LogP contribution is 2.28. The monoisotopic (exact) mass is 296 g/mol. The van der Waals surface area contributed by atoms with Crippen LogP contribution in [0.25, 0.3) is 11.3 Å². The maximum absolute atomic E-state index is 11.2. The minimum Gasteiger partial charge on any atom is -0.298 e. The van der Waals surface area contributed by atoms with Crippen LogP contribution >= 0.6 is 23.2 Å². The van der Waals surface area contributed by atoms with Gasteiger partial charge in [0.1, 0.15) is 5.69 Å². The van der Waals surface area contributed by atoms with Crippen LogP contribution in [0.15, 0.2) is 24.4 Å². The molecule has 0 bridgehead atoms. The molecule has 0 amide bonds. The fraction of sp³-hybridized carbons (Fsp3) is 0.286. The first-order chi connectivity index (χ1) is 9.05. The molecule has 19 heavy (non-hydrogen) atoms. The van der Waals surface area contributed by atoms with Gasteiger partial charge in [-0.3, -0.25) is 9.48 Å². The largest absolute Gasteiger partial charge is 0.298 e. The van der Waals surface area contributed by atoms with Gasteiger partial charge in [-0.2, -0.15) is 5.10 Å². The summed E-state index contributed by atoms with van der Waals surface area (Å²) in [6.07, 6.45) is 3.50. The summed E-state index contributed by atoms with van der Waals surface area (Å²) >= 11 is 12.0. The van der Waals surface area contributed by atoms with E-state index in [-0.39, 0.29) is 6.04 Å². The Morgan fingerprint density at radius 3 is 2.47 bits per heavy atom. The molecule has 0 saturated heterocycles. The van der Waals surface area contributed by atoms with E-state index in [0.717, 1.165) is 18.3 Å². The third kappa shape index (κ3) is 2.99. The van der Waals surface area contributed by atoms with Crippen molar-refractivity contribution >= 4 is 29.5 Å². The van der Waals surface area contributed by atoms with Gasteiger partial charge in [0.2, 0.25) is 0 Å². The average Bonchev–Trinajstić information content (AvgIpc) is 2.80. The molecule has 2 aromatic rings. The Hall–Kier alpha value is -1.32. The average molecular weight is 297 g/mol. The first kappa shape index (κ1) is 14.1. The van der Waals surface area contributed by atoms with E-state index in [1.165, 1.54) is 0 Å². The summed E-state index contributed by atoms with van der Waals surface area (Å²) in [5.74, 6) is 0. The second-order valence-electron chi connectivity index (χ2n) is 4.45. The number of aldehydes is 1. The predicted octanol–water partition coefficient (Wildman–Crippen LogP) is 4.64. The van der Waals surface area contributed by atoms with E-state index in [0.29, 0.717) is 21.3 Å². The zero-order valence-electron chi connectivity index (χ0n) is 10.7. The van der Waals surface area contributed by atoms with Crippen molar-refractivity contribution < 1.29 is 4.79 Å². The van der Waals surface area contributed by atoms with Crippen LogP contribution in [0, 0.1) is 0 Å². The molecule has 1 atom stereocenters. The topological polar surface area (TPSA) is 34.9 Å². The molecule has 1 aromatic carbocycles. The lowest BCUT2D eigenvalue weighted by Gasteiger charge is -2.08. The number of halogens is 2. The van der Waals surface area contributed by atoms with E-state index in [1.807, 2.05) is 0 Å². The van der Waals surface area contributed by atoms with Crippen molar-refractivity contribution in [2.24, 2.45) is 0 Å². The normalized spacial score (nSPS) is 12.4. The third-order valence-corrected chi connectivity index (χ3v) is 3.50. The molecular formula is C14H14Cl2N2O. The van der Waals surface area contributed by atoms with Crippen LogP contribution < -0.4 is 0 Å². The van der Waals surface area contributed by atoms with Gasteiger partial charge in [0.05, 0.1) is 5.56 Å². The Bertz CT molecular complexity index is 587. The van der Waals surface area contributed by atoms with E-state index >= 15 is 0 Å². The van der Waals surface area contributed by atoms with Crippen LogP contribution in [0.4, 0.5) is 0 Å². The number of hydrogen-bond acceptors (Lipinski definition) is 2. The molecule has 3 nitrogen and oxygen atoms in total. The SMILES string of the molecule is CCC(C)n1cc(C=O)c(-c2cc(Cl)cc(Cl)c2)n1. The molecule has 0 spiro atoms. The molecule has 0 aliphatic heterocycles. The maximum atomic E-state index is 11.2. The summed E-state index contributed by atoms with van der Waals surface area (Å²) < 4.78 is 1.80. The van der Waals surface area contributed by atoms with Crippen molar-refractivity contribution in [2.45, 2.75) is 26.3 Å². The number of nitrogens with zero attached hydrogens (tertiary/aromatic N) is 2. The summed E-state index contributed by atoms with van der Waals surface area (Å²) in [6.45, 7) is 4.12. The first-order valence-electron chi connectivity index (χ1n) is 6.06. The summed E-state index contributed by atoms with van der Waals surface area (Å²) in [4.78, 5) is 11.2. The number of rotatable bonds is 4.